The van der Waals surface area contributed by atoms with Crippen LogP contribution in [-0.4, -0.2) is 29.0 Å². The fraction of sp³-hybridized carbons (Fsp3) is 0.636. The quantitative estimate of drug-likeness (QED) is 0.768. The largest absolute Gasteiger partial charge is 0.357 e. The van der Waals surface area contributed by atoms with Gasteiger partial charge in [0.2, 0.25) is 5.13 Å². The molecule has 5 heteroatoms. The highest BCUT2D eigenvalue weighted by Gasteiger charge is 2.05. The predicted octanol–water partition coefficient (Wildman–Crippen LogP) is 1.82. The van der Waals surface area contributed by atoms with E-state index in [4.69, 9.17) is 0 Å². The Labute approximate surface area is 100 Å². The molecule has 16 heavy (non-hydrogen) atoms. The van der Waals surface area contributed by atoms with Crippen molar-refractivity contribution in [3.8, 4) is 0 Å². The summed E-state index contributed by atoms with van der Waals surface area (Å²) < 4.78 is 4.31. The number of nitrogens with one attached hydrogen (secondary N) is 2. The van der Waals surface area contributed by atoms with Gasteiger partial charge >= 0.3 is 0 Å². The lowest BCUT2D eigenvalue weighted by atomic mass is 10.1. The first-order valence-electron chi connectivity index (χ1n) is 5.83. The topological polar surface area (TPSA) is 49.8 Å². The average Bonchev–Trinajstić information content (AvgIpc) is 2.76. The third kappa shape index (κ3) is 3.28. The zero-order valence-electron chi connectivity index (χ0n) is 9.62. The Kier molecular flexibility index (Phi) is 4.30. The number of rotatable bonds is 5. The van der Waals surface area contributed by atoms with Crippen molar-refractivity contribution in [1.82, 2.24) is 14.7 Å². The molecule has 2 heterocycles. The van der Waals surface area contributed by atoms with Gasteiger partial charge < -0.3 is 10.6 Å². The predicted molar refractivity (Wildman–Crippen MR) is 68.0 cm³/mol. The van der Waals surface area contributed by atoms with Crippen LogP contribution in [0.25, 0.3) is 0 Å². The van der Waals surface area contributed by atoms with Crippen LogP contribution in [0.5, 0.6) is 0 Å². The molecule has 0 amide bonds. The van der Waals surface area contributed by atoms with Gasteiger partial charge in [0, 0.05) is 31.0 Å². The third-order valence-electron chi connectivity index (χ3n) is 2.57. The first-order chi connectivity index (χ1) is 7.88. The highest BCUT2D eigenvalue weighted by atomic mass is 32.1. The molecule has 0 spiro atoms. The summed E-state index contributed by atoms with van der Waals surface area (Å²) in [4.78, 5) is 4.44. The van der Waals surface area contributed by atoms with Gasteiger partial charge in [-0.1, -0.05) is 18.6 Å². The molecule has 2 N–H and O–H groups in total. The molecular weight excluding hydrogens is 220 g/mol. The summed E-state index contributed by atoms with van der Waals surface area (Å²) in [6.45, 7) is 5.13. The first kappa shape index (κ1) is 11.5. The van der Waals surface area contributed by atoms with Crippen molar-refractivity contribution in [2.45, 2.75) is 26.2 Å². The molecule has 0 radical (unpaired) electrons. The van der Waals surface area contributed by atoms with Crippen LogP contribution < -0.4 is 10.6 Å². The molecule has 0 bridgehead atoms. The molecule has 0 aromatic carbocycles. The Morgan fingerprint density at radius 3 is 3.25 bits per heavy atom. The van der Waals surface area contributed by atoms with E-state index in [-0.39, 0.29) is 0 Å². The van der Waals surface area contributed by atoms with Crippen LogP contribution in [0.2, 0.25) is 0 Å². The van der Waals surface area contributed by atoms with Crippen molar-refractivity contribution in [1.29, 1.82) is 0 Å². The van der Waals surface area contributed by atoms with E-state index in [0.717, 1.165) is 49.9 Å². The minimum Gasteiger partial charge on any atom is -0.357 e. The van der Waals surface area contributed by atoms with E-state index in [1.54, 1.807) is 0 Å². The summed E-state index contributed by atoms with van der Waals surface area (Å²) in [6, 6.07) is 0. The second-order valence-corrected chi connectivity index (χ2v) is 4.69. The summed E-state index contributed by atoms with van der Waals surface area (Å²) in [5, 5.41) is 7.59. The summed E-state index contributed by atoms with van der Waals surface area (Å²) in [5.74, 6) is 0.967. The average molecular weight is 238 g/mol. The smallest absolute Gasteiger partial charge is 0.202 e. The zero-order valence-corrected chi connectivity index (χ0v) is 10.4. The minimum atomic E-state index is 0.905. The molecule has 1 aromatic rings. The van der Waals surface area contributed by atoms with E-state index < -0.39 is 0 Å². The van der Waals surface area contributed by atoms with Gasteiger partial charge in [0.05, 0.1) is 0 Å². The molecule has 0 saturated carbocycles. The summed E-state index contributed by atoms with van der Waals surface area (Å²) in [7, 11) is 0. The monoisotopic (exact) mass is 238 g/mol. The van der Waals surface area contributed by atoms with Crippen LogP contribution in [-0.2, 0) is 6.42 Å². The number of aryl methyl sites for hydroxylation is 1. The third-order valence-corrected chi connectivity index (χ3v) is 3.28. The van der Waals surface area contributed by atoms with Crippen molar-refractivity contribution in [2.75, 3.05) is 25.0 Å². The Hall–Kier alpha value is -0.940. The van der Waals surface area contributed by atoms with Gasteiger partial charge in [-0.05, 0) is 19.4 Å². The van der Waals surface area contributed by atoms with E-state index in [0.29, 0.717) is 0 Å². The van der Waals surface area contributed by atoms with Crippen molar-refractivity contribution in [3.63, 3.8) is 0 Å². The lowest BCUT2D eigenvalue weighted by Crippen LogP contribution is -2.23. The molecular formula is C11H18N4S. The van der Waals surface area contributed by atoms with Crippen molar-refractivity contribution < 1.29 is 0 Å². The minimum absolute atomic E-state index is 0.905. The van der Waals surface area contributed by atoms with Crippen LogP contribution in [0.15, 0.2) is 11.6 Å². The lowest BCUT2D eigenvalue weighted by Gasteiger charge is -2.13. The van der Waals surface area contributed by atoms with Crippen LogP contribution in [0.4, 0.5) is 5.13 Å². The highest BCUT2D eigenvalue weighted by Crippen LogP contribution is 2.13. The molecule has 1 aliphatic rings. The number of aromatic nitrogens is 2. The summed E-state index contributed by atoms with van der Waals surface area (Å²) in [5.41, 5.74) is 1.46. The van der Waals surface area contributed by atoms with Gasteiger partial charge in [-0.2, -0.15) is 4.37 Å². The molecule has 2 rings (SSSR count). The van der Waals surface area contributed by atoms with Crippen LogP contribution in [0, 0.1) is 0 Å². The molecule has 1 aromatic heterocycles. The second-order valence-electron chi connectivity index (χ2n) is 3.94. The SMILES string of the molecule is CCCc1nsc(NCC2=CCNCC2)n1. The van der Waals surface area contributed by atoms with E-state index in [9.17, 15) is 0 Å². The second kappa shape index (κ2) is 5.96. The van der Waals surface area contributed by atoms with Gasteiger partial charge in [0.25, 0.3) is 0 Å². The van der Waals surface area contributed by atoms with E-state index in [2.05, 4.69) is 33.0 Å². The Morgan fingerprint density at radius 2 is 2.50 bits per heavy atom. The van der Waals surface area contributed by atoms with Crippen LogP contribution >= 0.6 is 11.5 Å². The summed E-state index contributed by atoms with van der Waals surface area (Å²) in [6.07, 6.45) is 5.47. The maximum Gasteiger partial charge on any atom is 0.202 e. The van der Waals surface area contributed by atoms with Crippen molar-refractivity contribution in [3.05, 3.63) is 17.5 Å². The van der Waals surface area contributed by atoms with Gasteiger partial charge in [0.15, 0.2) is 0 Å². The van der Waals surface area contributed by atoms with Gasteiger partial charge in [-0.3, -0.25) is 0 Å². The Bertz CT molecular complexity index is 359. The summed E-state index contributed by atoms with van der Waals surface area (Å²) >= 11 is 1.46. The van der Waals surface area contributed by atoms with Crippen molar-refractivity contribution in [2.24, 2.45) is 0 Å². The lowest BCUT2D eigenvalue weighted by molar-refractivity contribution is 0.698. The highest BCUT2D eigenvalue weighted by molar-refractivity contribution is 7.09. The van der Waals surface area contributed by atoms with E-state index >= 15 is 0 Å². The Balaban J connectivity index is 1.82. The number of hydrogen-bond donors (Lipinski definition) is 2. The molecule has 0 saturated heterocycles. The molecule has 88 valence electrons. The molecule has 0 fully saturated rings. The maximum atomic E-state index is 4.44. The first-order valence-corrected chi connectivity index (χ1v) is 6.61. The van der Waals surface area contributed by atoms with Crippen LogP contribution in [0.3, 0.4) is 0 Å². The van der Waals surface area contributed by atoms with E-state index in [1.807, 2.05) is 0 Å². The molecule has 0 aliphatic carbocycles. The fourth-order valence-electron chi connectivity index (χ4n) is 1.67. The standard InChI is InChI=1S/C11H18N4S/c1-2-3-10-14-11(16-15-10)13-8-9-4-6-12-7-5-9/h4,12H,2-3,5-8H2,1H3,(H,13,14,15). The number of nitrogens with zero attached hydrogens (tertiary/aromatic N) is 2. The Morgan fingerprint density at radius 1 is 1.56 bits per heavy atom. The van der Waals surface area contributed by atoms with Crippen LogP contribution in [0.1, 0.15) is 25.6 Å². The molecule has 0 unspecified atom stereocenters. The van der Waals surface area contributed by atoms with E-state index in [1.165, 1.54) is 17.1 Å². The van der Waals surface area contributed by atoms with Crippen molar-refractivity contribution >= 4 is 16.7 Å². The number of anilines is 1. The number of hydrogen-bond acceptors (Lipinski definition) is 5. The van der Waals surface area contributed by atoms with Gasteiger partial charge in [-0.25, -0.2) is 4.98 Å². The van der Waals surface area contributed by atoms with Gasteiger partial charge in [0.1, 0.15) is 5.82 Å². The maximum absolute atomic E-state index is 4.44. The molecule has 0 atom stereocenters. The zero-order chi connectivity index (χ0) is 11.2. The van der Waals surface area contributed by atoms with Gasteiger partial charge in [-0.15, -0.1) is 0 Å². The molecule has 4 nitrogen and oxygen atoms in total. The molecule has 1 aliphatic heterocycles. The normalized spacial score (nSPS) is 15.9. The fourth-order valence-corrected chi connectivity index (χ4v) is 2.28.